The fourth-order valence-electron chi connectivity index (χ4n) is 5.05. The first-order valence-corrected chi connectivity index (χ1v) is 11.7. The summed E-state index contributed by atoms with van der Waals surface area (Å²) in [5, 5.41) is 18.3. The van der Waals surface area contributed by atoms with Gasteiger partial charge in [0, 0.05) is 37.4 Å². The van der Waals surface area contributed by atoms with Crippen LogP contribution in [0.15, 0.2) is 42.5 Å². The molecule has 0 saturated carbocycles. The van der Waals surface area contributed by atoms with Crippen molar-refractivity contribution in [2.45, 2.75) is 38.1 Å². The van der Waals surface area contributed by atoms with Gasteiger partial charge in [-0.25, -0.2) is 9.59 Å². The van der Waals surface area contributed by atoms with Crippen LogP contribution in [0.4, 0.5) is 15.3 Å². The maximum atomic E-state index is 13.3. The topological polar surface area (TPSA) is 131 Å². The lowest BCUT2D eigenvalue weighted by Gasteiger charge is -2.33. The summed E-state index contributed by atoms with van der Waals surface area (Å²) in [6.07, 6.45) is 1.12. The maximum Gasteiger partial charge on any atom is 0.407 e. The molecule has 0 aliphatic carbocycles. The molecule has 35 heavy (non-hydrogen) atoms. The summed E-state index contributed by atoms with van der Waals surface area (Å²) in [5.41, 5.74) is 9.31. The number of hydrogen-bond donors (Lipinski definition) is 2. The Bertz CT molecular complexity index is 1170. The number of aryl methyl sites for hydroxylation is 1. The SMILES string of the molecule is Cc1ccc(C(=O)N2CCC(c3ccc(C#N)cc3)CC2)cc1N(C(N)=O)[C@@H]1CCN(C(=O)O)C1. The van der Waals surface area contributed by atoms with E-state index >= 15 is 0 Å². The molecule has 0 bridgehead atoms. The van der Waals surface area contributed by atoms with E-state index in [2.05, 4.69) is 6.07 Å². The zero-order chi connectivity index (χ0) is 25.1. The van der Waals surface area contributed by atoms with Crippen molar-refractivity contribution < 1.29 is 19.5 Å². The zero-order valence-electron chi connectivity index (χ0n) is 19.7. The Hall–Kier alpha value is -4.06. The van der Waals surface area contributed by atoms with E-state index in [-0.39, 0.29) is 18.5 Å². The molecule has 2 saturated heterocycles. The van der Waals surface area contributed by atoms with Crippen molar-refractivity contribution in [3.63, 3.8) is 0 Å². The second kappa shape index (κ2) is 10.1. The van der Waals surface area contributed by atoms with Gasteiger partial charge in [0.2, 0.25) is 0 Å². The van der Waals surface area contributed by atoms with Crippen molar-refractivity contribution in [3.8, 4) is 6.07 Å². The summed E-state index contributed by atoms with van der Waals surface area (Å²) in [6, 6.07) is 14.0. The van der Waals surface area contributed by atoms with Gasteiger partial charge in [-0.05, 0) is 67.5 Å². The predicted octanol–water partition coefficient (Wildman–Crippen LogP) is 3.52. The van der Waals surface area contributed by atoms with Crippen molar-refractivity contribution in [3.05, 3.63) is 64.7 Å². The molecule has 2 heterocycles. The third-order valence-corrected chi connectivity index (χ3v) is 7.05. The van der Waals surface area contributed by atoms with E-state index in [0.717, 1.165) is 18.4 Å². The van der Waals surface area contributed by atoms with E-state index in [1.807, 2.05) is 36.1 Å². The summed E-state index contributed by atoms with van der Waals surface area (Å²) in [4.78, 5) is 41.5. The molecule has 0 radical (unpaired) electrons. The Morgan fingerprint density at radius 3 is 2.26 bits per heavy atom. The molecule has 2 aromatic rings. The Morgan fingerprint density at radius 1 is 1.03 bits per heavy atom. The van der Waals surface area contributed by atoms with Crippen LogP contribution in [0.5, 0.6) is 0 Å². The van der Waals surface area contributed by atoms with Crippen LogP contribution in [0.2, 0.25) is 0 Å². The van der Waals surface area contributed by atoms with Crippen LogP contribution in [0.3, 0.4) is 0 Å². The lowest BCUT2D eigenvalue weighted by molar-refractivity contribution is 0.0713. The van der Waals surface area contributed by atoms with Gasteiger partial charge in [0.25, 0.3) is 5.91 Å². The van der Waals surface area contributed by atoms with Crippen molar-refractivity contribution in [1.82, 2.24) is 9.80 Å². The van der Waals surface area contributed by atoms with E-state index < -0.39 is 12.1 Å². The number of anilines is 1. The molecular weight excluding hydrogens is 446 g/mol. The van der Waals surface area contributed by atoms with Gasteiger partial charge in [0.05, 0.1) is 17.7 Å². The van der Waals surface area contributed by atoms with Crippen molar-refractivity contribution in [2.75, 3.05) is 31.1 Å². The molecule has 2 fully saturated rings. The molecule has 2 aromatic carbocycles. The molecule has 0 spiro atoms. The van der Waals surface area contributed by atoms with E-state index in [4.69, 9.17) is 11.0 Å². The van der Waals surface area contributed by atoms with Crippen LogP contribution in [-0.4, -0.2) is 65.2 Å². The molecule has 4 rings (SSSR count). The van der Waals surface area contributed by atoms with Gasteiger partial charge in [-0.15, -0.1) is 0 Å². The Labute approximate surface area is 204 Å². The Balaban J connectivity index is 1.48. The highest BCUT2D eigenvalue weighted by atomic mass is 16.4. The highest BCUT2D eigenvalue weighted by Gasteiger charge is 2.34. The summed E-state index contributed by atoms with van der Waals surface area (Å²) in [5.74, 6) is 0.234. The Morgan fingerprint density at radius 2 is 1.69 bits per heavy atom. The minimum atomic E-state index is -1.03. The lowest BCUT2D eigenvalue weighted by Crippen LogP contribution is -2.46. The first-order chi connectivity index (χ1) is 16.8. The van der Waals surface area contributed by atoms with Crippen LogP contribution in [0.1, 0.15) is 52.2 Å². The molecule has 1 atom stereocenters. The molecule has 9 nitrogen and oxygen atoms in total. The van der Waals surface area contributed by atoms with Crippen molar-refractivity contribution >= 4 is 23.7 Å². The van der Waals surface area contributed by atoms with E-state index in [9.17, 15) is 19.5 Å². The van der Waals surface area contributed by atoms with Crippen LogP contribution in [0, 0.1) is 18.3 Å². The Kier molecular flexibility index (Phi) is 6.92. The maximum absolute atomic E-state index is 13.3. The molecule has 0 aromatic heterocycles. The predicted molar refractivity (Wildman–Crippen MR) is 130 cm³/mol. The molecular formula is C26H29N5O4. The number of nitrogens with two attached hydrogens (primary N) is 1. The zero-order valence-corrected chi connectivity index (χ0v) is 19.7. The van der Waals surface area contributed by atoms with E-state index in [1.165, 1.54) is 15.4 Å². The lowest BCUT2D eigenvalue weighted by atomic mass is 9.89. The molecule has 9 heteroatoms. The number of carbonyl (C=O) groups excluding carboxylic acids is 2. The number of nitriles is 1. The molecule has 4 amide bonds. The summed E-state index contributed by atoms with van der Waals surface area (Å²) < 4.78 is 0. The third kappa shape index (κ3) is 5.06. The number of urea groups is 1. The fourth-order valence-corrected chi connectivity index (χ4v) is 5.05. The van der Waals surface area contributed by atoms with Gasteiger partial charge in [0.15, 0.2) is 0 Å². The summed E-state index contributed by atoms with van der Waals surface area (Å²) in [6.45, 7) is 3.58. The number of rotatable bonds is 4. The number of piperidine rings is 1. The first kappa shape index (κ1) is 24.1. The number of nitrogens with zero attached hydrogens (tertiary/aromatic N) is 4. The standard InChI is InChI=1S/C26H29N5O4/c1-17-2-5-21(14-23(17)31(25(28)33)22-10-13-30(16-22)26(34)35)24(32)29-11-8-20(9-12-29)19-6-3-18(15-27)4-7-19/h2-7,14,20,22H,8-13,16H2,1H3,(H2,28,33)(H,34,35)/t22-/m1/s1. The normalized spacial score (nSPS) is 18.2. The monoisotopic (exact) mass is 475 g/mol. The molecule has 2 aliphatic rings. The molecule has 3 N–H and O–H groups in total. The van der Waals surface area contributed by atoms with Crippen LogP contribution in [-0.2, 0) is 0 Å². The number of carboxylic acid groups (broad SMARTS) is 1. The largest absolute Gasteiger partial charge is 0.465 e. The van der Waals surface area contributed by atoms with Gasteiger partial charge < -0.3 is 20.6 Å². The van der Waals surface area contributed by atoms with Crippen molar-refractivity contribution in [1.29, 1.82) is 5.26 Å². The fraction of sp³-hybridized carbons (Fsp3) is 0.385. The van der Waals surface area contributed by atoms with Crippen LogP contribution >= 0.6 is 0 Å². The quantitative estimate of drug-likeness (QED) is 0.698. The number of primary amides is 1. The van der Waals surface area contributed by atoms with Gasteiger partial charge in [-0.2, -0.15) is 5.26 Å². The number of likely N-dealkylation sites (tertiary alicyclic amines) is 2. The number of amides is 4. The highest BCUT2D eigenvalue weighted by Crippen LogP contribution is 2.31. The van der Waals surface area contributed by atoms with Gasteiger partial charge >= 0.3 is 12.1 Å². The smallest absolute Gasteiger partial charge is 0.407 e. The highest BCUT2D eigenvalue weighted by molar-refractivity contribution is 5.98. The number of benzene rings is 2. The summed E-state index contributed by atoms with van der Waals surface area (Å²) >= 11 is 0. The average molecular weight is 476 g/mol. The number of carbonyl (C=O) groups is 3. The molecule has 0 unspecified atom stereocenters. The van der Waals surface area contributed by atoms with Crippen molar-refractivity contribution in [2.24, 2.45) is 5.73 Å². The van der Waals surface area contributed by atoms with E-state index in [0.29, 0.717) is 48.8 Å². The molecule has 182 valence electrons. The second-order valence-electron chi connectivity index (χ2n) is 9.18. The average Bonchev–Trinajstić information content (AvgIpc) is 3.35. The minimum Gasteiger partial charge on any atom is -0.465 e. The molecule has 2 aliphatic heterocycles. The second-order valence-corrected chi connectivity index (χ2v) is 9.18. The number of hydrogen-bond acceptors (Lipinski definition) is 4. The van der Waals surface area contributed by atoms with E-state index in [1.54, 1.807) is 18.2 Å². The van der Waals surface area contributed by atoms with Crippen LogP contribution in [0.25, 0.3) is 0 Å². The van der Waals surface area contributed by atoms with Crippen LogP contribution < -0.4 is 10.6 Å². The summed E-state index contributed by atoms with van der Waals surface area (Å²) in [7, 11) is 0. The van der Waals surface area contributed by atoms with Gasteiger partial charge in [0.1, 0.15) is 0 Å². The minimum absolute atomic E-state index is 0.104. The van der Waals surface area contributed by atoms with Gasteiger partial charge in [-0.1, -0.05) is 18.2 Å². The first-order valence-electron chi connectivity index (χ1n) is 11.7. The van der Waals surface area contributed by atoms with Gasteiger partial charge in [-0.3, -0.25) is 9.69 Å². The third-order valence-electron chi connectivity index (χ3n) is 7.05.